The minimum absolute atomic E-state index is 0.0493. The Labute approximate surface area is 152 Å². The highest BCUT2D eigenvalue weighted by Gasteiger charge is 2.18. The van der Waals surface area contributed by atoms with Crippen LogP contribution in [0.25, 0.3) is 0 Å². The van der Waals surface area contributed by atoms with E-state index < -0.39 is 30.4 Å². The first-order chi connectivity index (χ1) is 12.4. The third kappa shape index (κ3) is 5.58. The summed E-state index contributed by atoms with van der Waals surface area (Å²) in [6, 6.07) is 13.2. The van der Waals surface area contributed by atoms with E-state index in [1.165, 1.54) is 25.1 Å². The van der Waals surface area contributed by atoms with Gasteiger partial charge in [-0.05, 0) is 42.7 Å². The quantitative estimate of drug-likeness (QED) is 0.762. The van der Waals surface area contributed by atoms with Crippen molar-refractivity contribution in [2.24, 2.45) is 0 Å². The molecule has 138 valence electrons. The number of hydrogen-bond acceptors (Lipinski definition) is 4. The van der Waals surface area contributed by atoms with Crippen molar-refractivity contribution in [3.8, 4) is 5.75 Å². The number of para-hydroxylation sites is 1. The molecule has 0 heterocycles. The van der Waals surface area contributed by atoms with Gasteiger partial charge in [0.05, 0.1) is 0 Å². The SMILES string of the molecule is CC(C)c1ccc(NC(=O)[C@@H](C)OC(=O)COc2ccccc2F)cc1. The predicted octanol–water partition coefficient (Wildman–Crippen LogP) is 3.90. The molecule has 6 heteroatoms. The summed E-state index contributed by atoms with van der Waals surface area (Å²) in [5.74, 6) is -1.44. The monoisotopic (exact) mass is 359 g/mol. The van der Waals surface area contributed by atoms with Crippen molar-refractivity contribution in [3.05, 3.63) is 59.9 Å². The maximum atomic E-state index is 13.4. The summed E-state index contributed by atoms with van der Waals surface area (Å²) in [6.07, 6.45) is -1.00. The second kappa shape index (κ2) is 8.99. The zero-order valence-corrected chi connectivity index (χ0v) is 15.0. The third-order valence-corrected chi connectivity index (χ3v) is 3.70. The average Bonchev–Trinajstić information content (AvgIpc) is 2.61. The second-order valence-electron chi connectivity index (χ2n) is 6.12. The van der Waals surface area contributed by atoms with Crippen LogP contribution in [0.5, 0.6) is 5.75 Å². The van der Waals surface area contributed by atoms with Crippen LogP contribution in [0.2, 0.25) is 0 Å². The van der Waals surface area contributed by atoms with Crippen LogP contribution in [-0.2, 0) is 14.3 Å². The molecule has 1 atom stereocenters. The van der Waals surface area contributed by atoms with E-state index in [9.17, 15) is 14.0 Å². The molecule has 0 aliphatic heterocycles. The lowest BCUT2D eigenvalue weighted by Crippen LogP contribution is -2.31. The van der Waals surface area contributed by atoms with E-state index >= 15 is 0 Å². The van der Waals surface area contributed by atoms with Gasteiger partial charge in [0.25, 0.3) is 5.91 Å². The zero-order chi connectivity index (χ0) is 19.1. The van der Waals surface area contributed by atoms with E-state index in [0.717, 1.165) is 5.56 Å². The molecule has 1 amide bonds. The number of anilines is 1. The molecule has 0 unspecified atom stereocenters. The zero-order valence-electron chi connectivity index (χ0n) is 15.0. The van der Waals surface area contributed by atoms with Gasteiger partial charge in [-0.1, -0.05) is 38.1 Å². The number of benzene rings is 2. The van der Waals surface area contributed by atoms with Gasteiger partial charge >= 0.3 is 5.97 Å². The van der Waals surface area contributed by atoms with Crippen molar-refractivity contribution in [3.63, 3.8) is 0 Å². The van der Waals surface area contributed by atoms with Gasteiger partial charge in [0.15, 0.2) is 24.3 Å². The van der Waals surface area contributed by atoms with Crippen molar-refractivity contribution >= 4 is 17.6 Å². The molecule has 0 saturated carbocycles. The predicted molar refractivity (Wildman–Crippen MR) is 96.6 cm³/mol. The molecule has 0 bridgehead atoms. The standard InChI is InChI=1S/C20H22FNO4/c1-13(2)15-8-10-16(11-9-15)22-20(24)14(3)26-19(23)12-25-18-7-5-4-6-17(18)21/h4-11,13-14H,12H2,1-3H3,(H,22,24)/t14-/m1/s1. The summed E-state index contributed by atoms with van der Waals surface area (Å²) in [5, 5.41) is 2.68. The topological polar surface area (TPSA) is 64.6 Å². The van der Waals surface area contributed by atoms with Crippen LogP contribution < -0.4 is 10.1 Å². The molecular formula is C20H22FNO4. The molecule has 0 spiro atoms. The van der Waals surface area contributed by atoms with Gasteiger partial charge in [0.1, 0.15) is 0 Å². The number of ether oxygens (including phenoxy) is 2. The van der Waals surface area contributed by atoms with Crippen LogP contribution in [0.1, 0.15) is 32.3 Å². The number of esters is 1. The van der Waals surface area contributed by atoms with Crippen LogP contribution in [0.15, 0.2) is 48.5 Å². The number of nitrogens with one attached hydrogen (secondary N) is 1. The largest absolute Gasteiger partial charge is 0.479 e. The van der Waals surface area contributed by atoms with E-state index in [-0.39, 0.29) is 5.75 Å². The first kappa shape index (κ1) is 19.4. The Bertz CT molecular complexity index is 759. The molecule has 26 heavy (non-hydrogen) atoms. The van der Waals surface area contributed by atoms with E-state index in [1.807, 2.05) is 12.1 Å². The molecule has 1 N–H and O–H groups in total. The van der Waals surface area contributed by atoms with Crippen LogP contribution in [-0.4, -0.2) is 24.6 Å². The number of amides is 1. The molecule has 2 aromatic rings. The summed E-state index contributed by atoms with van der Waals surface area (Å²) < 4.78 is 23.5. The van der Waals surface area contributed by atoms with Crippen LogP contribution in [0.4, 0.5) is 10.1 Å². The first-order valence-electron chi connectivity index (χ1n) is 8.34. The number of halogens is 1. The van der Waals surface area contributed by atoms with E-state index in [2.05, 4.69) is 19.2 Å². The number of rotatable bonds is 7. The molecule has 2 rings (SSSR count). The van der Waals surface area contributed by atoms with Gasteiger partial charge in [0, 0.05) is 5.69 Å². The highest BCUT2D eigenvalue weighted by Crippen LogP contribution is 2.18. The molecule has 5 nitrogen and oxygen atoms in total. The Morgan fingerprint density at radius 3 is 2.31 bits per heavy atom. The van der Waals surface area contributed by atoms with Crippen LogP contribution >= 0.6 is 0 Å². The lowest BCUT2D eigenvalue weighted by atomic mass is 10.0. The summed E-state index contributed by atoms with van der Waals surface area (Å²) >= 11 is 0. The molecule has 0 radical (unpaired) electrons. The maximum Gasteiger partial charge on any atom is 0.344 e. The maximum absolute atomic E-state index is 13.4. The minimum Gasteiger partial charge on any atom is -0.479 e. The van der Waals surface area contributed by atoms with Crippen molar-refractivity contribution in [1.82, 2.24) is 0 Å². The molecule has 0 aromatic heterocycles. The Hall–Kier alpha value is -2.89. The third-order valence-electron chi connectivity index (χ3n) is 3.70. The number of carbonyl (C=O) groups excluding carboxylic acids is 2. The number of carbonyl (C=O) groups is 2. The highest BCUT2D eigenvalue weighted by molar-refractivity contribution is 5.95. The average molecular weight is 359 g/mol. The van der Waals surface area contributed by atoms with Gasteiger partial charge in [0.2, 0.25) is 0 Å². The summed E-state index contributed by atoms with van der Waals surface area (Å²) in [4.78, 5) is 23.9. The summed E-state index contributed by atoms with van der Waals surface area (Å²) in [6.45, 7) is 5.14. The Kier molecular flexibility index (Phi) is 6.72. The smallest absolute Gasteiger partial charge is 0.344 e. The number of hydrogen-bond donors (Lipinski definition) is 1. The van der Waals surface area contributed by atoms with Gasteiger partial charge in [-0.3, -0.25) is 4.79 Å². The fourth-order valence-corrected chi connectivity index (χ4v) is 2.18. The Morgan fingerprint density at radius 1 is 1.04 bits per heavy atom. The molecule has 0 fully saturated rings. The van der Waals surface area contributed by atoms with Crippen molar-refractivity contribution < 1.29 is 23.5 Å². The fraction of sp³-hybridized carbons (Fsp3) is 0.300. The summed E-state index contributed by atoms with van der Waals surface area (Å²) in [7, 11) is 0. The highest BCUT2D eigenvalue weighted by atomic mass is 19.1. The van der Waals surface area contributed by atoms with Gasteiger partial charge < -0.3 is 14.8 Å². The van der Waals surface area contributed by atoms with Crippen molar-refractivity contribution in [1.29, 1.82) is 0 Å². The Morgan fingerprint density at radius 2 is 1.69 bits per heavy atom. The van der Waals surface area contributed by atoms with Gasteiger partial charge in [-0.2, -0.15) is 0 Å². The fourth-order valence-electron chi connectivity index (χ4n) is 2.18. The second-order valence-corrected chi connectivity index (χ2v) is 6.12. The van der Waals surface area contributed by atoms with E-state index in [1.54, 1.807) is 18.2 Å². The van der Waals surface area contributed by atoms with Crippen molar-refractivity contribution in [2.45, 2.75) is 32.8 Å². The molecular weight excluding hydrogens is 337 g/mol. The van der Waals surface area contributed by atoms with Gasteiger partial charge in [-0.25, -0.2) is 9.18 Å². The Balaban J connectivity index is 1.82. The normalized spacial score (nSPS) is 11.7. The summed E-state index contributed by atoms with van der Waals surface area (Å²) in [5.41, 5.74) is 1.78. The molecule has 0 aliphatic rings. The lowest BCUT2D eigenvalue weighted by Gasteiger charge is -2.14. The molecule has 0 aliphatic carbocycles. The lowest BCUT2D eigenvalue weighted by molar-refractivity contribution is -0.155. The molecule has 0 saturated heterocycles. The van der Waals surface area contributed by atoms with Crippen LogP contribution in [0.3, 0.4) is 0 Å². The molecule has 2 aromatic carbocycles. The van der Waals surface area contributed by atoms with Gasteiger partial charge in [-0.15, -0.1) is 0 Å². The van der Waals surface area contributed by atoms with Crippen molar-refractivity contribution in [2.75, 3.05) is 11.9 Å². The minimum atomic E-state index is -1.00. The van der Waals surface area contributed by atoms with E-state index in [4.69, 9.17) is 9.47 Å². The van der Waals surface area contributed by atoms with E-state index in [0.29, 0.717) is 11.6 Å². The van der Waals surface area contributed by atoms with Crippen LogP contribution in [0, 0.1) is 5.82 Å². The first-order valence-corrected chi connectivity index (χ1v) is 8.34.